The number of ether oxygens (including phenoxy) is 3. The molecule has 0 amide bonds. The third-order valence-electron chi connectivity index (χ3n) is 3.35. The highest BCUT2D eigenvalue weighted by Gasteiger charge is 2.40. The lowest BCUT2D eigenvalue weighted by atomic mass is 10.2. The summed E-state index contributed by atoms with van der Waals surface area (Å²) in [6.07, 6.45) is -0.537. The van der Waals surface area contributed by atoms with Gasteiger partial charge < -0.3 is 14.2 Å². The fourth-order valence-corrected chi connectivity index (χ4v) is 2.37. The van der Waals surface area contributed by atoms with Gasteiger partial charge in [-0.2, -0.15) is 0 Å². The van der Waals surface area contributed by atoms with E-state index in [2.05, 4.69) is 4.98 Å². The smallest absolute Gasteiger partial charge is 0.330 e. The first-order valence-corrected chi connectivity index (χ1v) is 7.06. The van der Waals surface area contributed by atoms with Gasteiger partial charge in [-0.25, -0.2) is 4.79 Å². The van der Waals surface area contributed by atoms with Crippen molar-refractivity contribution < 1.29 is 23.8 Å². The summed E-state index contributed by atoms with van der Waals surface area (Å²) >= 11 is 0. The minimum absolute atomic E-state index is 0.0132. The molecule has 1 aliphatic rings. The predicted molar refractivity (Wildman–Crippen MR) is 76.8 cm³/mol. The number of H-pyrrole nitrogens is 1. The normalized spacial score (nSPS) is 23.5. The number of aromatic amines is 1. The summed E-state index contributed by atoms with van der Waals surface area (Å²) in [6, 6.07) is 0. The van der Waals surface area contributed by atoms with Gasteiger partial charge >= 0.3 is 17.6 Å². The van der Waals surface area contributed by atoms with Crippen molar-refractivity contribution in [3.05, 3.63) is 32.6 Å². The molecule has 1 aromatic heterocycles. The monoisotopic (exact) mass is 326 g/mol. The lowest BCUT2D eigenvalue weighted by Crippen LogP contribution is -2.37. The average molecular weight is 326 g/mol. The molecule has 1 aliphatic heterocycles. The third-order valence-corrected chi connectivity index (χ3v) is 3.35. The first kappa shape index (κ1) is 16.9. The van der Waals surface area contributed by atoms with Gasteiger partial charge in [-0.1, -0.05) is 0 Å². The maximum absolute atomic E-state index is 12.0. The topological polar surface area (TPSA) is 117 Å². The molecule has 2 rings (SSSR count). The van der Waals surface area contributed by atoms with E-state index in [0.717, 1.165) is 4.57 Å². The predicted octanol–water partition coefficient (Wildman–Crippen LogP) is -0.373. The molecule has 2 heterocycles. The quantitative estimate of drug-likeness (QED) is 0.750. The molecule has 9 heteroatoms. The number of hydrogen-bond donors (Lipinski definition) is 1. The standard InChI is InChI=1S/C14H18N2O7/c1-7-5-16(14(20)15-12(7)19)13-11(22-9(3)18)4-10(23-13)6-21-8(2)17/h5,10-11,13H,4,6H2,1-3H3,(H,15,19,20)/t10-,11-,13-/m0/s1. The van der Waals surface area contributed by atoms with E-state index >= 15 is 0 Å². The SMILES string of the molecule is CC(=O)OC[C@@H]1C[C@H](OC(C)=O)[C@@H](n2cc(C)c(=O)[nH]c2=O)O1. The van der Waals surface area contributed by atoms with E-state index < -0.39 is 41.6 Å². The van der Waals surface area contributed by atoms with Crippen molar-refractivity contribution >= 4 is 11.9 Å². The van der Waals surface area contributed by atoms with Crippen LogP contribution in [0.1, 0.15) is 32.1 Å². The highest BCUT2D eigenvalue weighted by Crippen LogP contribution is 2.30. The second-order valence-electron chi connectivity index (χ2n) is 5.31. The van der Waals surface area contributed by atoms with Crippen LogP contribution in [0.25, 0.3) is 0 Å². The van der Waals surface area contributed by atoms with Gasteiger partial charge in [-0.3, -0.25) is 23.9 Å². The third kappa shape index (κ3) is 4.07. The Bertz CT molecular complexity index is 721. The number of hydrogen-bond acceptors (Lipinski definition) is 7. The van der Waals surface area contributed by atoms with Crippen LogP contribution >= 0.6 is 0 Å². The Morgan fingerprint density at radius 2 is 2.04 bits per heavy atom. The van der Waals surface area contributed by atoms with E-state index in [4.69, 9.17) is 14.2 Å². The first-order chi connectivity index (χ1) is 10.8. The summed E-state index contributed by atoms with van der Waals surface area (Å²) in [5, 5.41) is 0. The average Bonchev–Trinajstić information content (AvgIpc) is 2.82. The van der Waals surface area contributed by atoms with Gasteiger partial charge in [-0.15, -0.1) is 0 Å². The Hall–Kier alpha value is -2.42. The molecular weight excluding hydrogens is 308 g/mol. The van der Waals surface area contributed by atoms with Gasteiger partial charge in [0.05, 0.1) is 6.10 Å². The van der Waals surface area contributed by atoms with Crippen LogP contribution in [-0.2, 0) is 23.8 Å². The molecule has 9 nitrogen and oxygen atoms in total. The van der Waals surface area contributed by atoms with Crippen molar-refractivity contribution in [1.29, 1.82) is 0 Å². The van der Waals surface area contributed by atoms with Crippen molar-refractivity contribution in [2.75, 3.05) is 6.61 Å². The molecule has 1 fully saturated rings. The Morgan fingerprint density at radius 3 is 2.65 bits per heavy atom. The van der Waals surface area contributed by atoms with Crippen LogP contribution in [0.4, 0.5) is 0 Å². The van der Waals surface area contributed by atoms with Gasteiger partial charge in [0.2, 0.25) is 0 Å². The molecule has 1 N–H and O–H groups in total. The summed E-state index contributed by atoms with van der Waals surface area (Å²) in [6.45, 7) is 4.05. The fourth-order valence-electron chi connectivity index (χ4n) is 2.37. The molecule has 0 radical (unpaired) electrons. The largest absolute Gasteiger partial charge is 0.463 e. The minimum atomic E-state index is -0.900. The summed E-state index contributed by atoms with van der Waals surface area (Å²) in [5.41, 5.74) is -0.848. The molecule has 23 heavy (non-hydrogen) atoms. The highest BCUT2D eigenvalue weighted by atomic mass is 16.6. The summed E-state index contributed by atoms with van der Waals surface area (Å²) < 4.78 is 16.9. The Balaban J connectivity index is 2.27. The van der Waals surface area contributed by atoms with Crippen LogP contribution in [0.3, 0.4) is 0 Å². The maximum atomic E-state index is 12.0. The molecule has 0 spiro atoms. The van der Waals surface area contributed by atoms with E-state index in [1.54, 1.807) is 6.92 Å². The number of aryl methyl sites for hydroxylation is 1. The van der Waals surface area contributed by atoms with E-state index in [1.165, 1.54) is 20.0 Å². The Morgan fingerprint density at radius 1 is 1.35 bits per heavy atom. The first-order valence-electron chi connectivity index (χ1n) is 7.06. The Labute approximate surface area is 131 Å². The van der Waals surface area contributed by atoms with Crippen LogP contribution in [-0.4, -0.2) is 40.3 Å². The van der Waals surface area contributed by atoms with Crippen LogP contribution < -0.4 is 11.2 Å². The van der Waals surface area contributed by atoms with Crippen molar-refractivity contribution in [3.8, 4) is 0 Å². The number of nitrogens with zero attached hydrogens (tertiary/aromatic N) is 1. The van der Waals surface area contributed by atoms with E-state index in [9.17, 15) is 19.2 Å². The number of carbonyl (C=O) groups excluding carboxylic acids is 2. The number of rotatable bonds is 4. The minimum Gasteiger partial charge on any atom is -0.463 e. The Kier molecular flexibility index (Phi) is 4.99. The molecular formula is C14H18N2O7. The van der Waals surface area contributed by atoms with E-state index in [-0.39, 0.29) is 13.0 Å². The molecule has 1 saturated heterocycles. The number of aromatic nitrogens is 2. The highest BCUT2D eigenvalue weighted by molar-refractivity contribution is 5.66. The number of esters is 2. The summed E-state index contributed by atoms with van der Waals surface area (Å²) in [4.78, 5) is 47.7. The second-order valence-corrected chi connectivity index (χ2v) is 5.31. The summed E-state index contributed by atoms with van der Waals surface area (Å²) in [5.74, 6) is -0.982. The fraction of sp³-hybridized carbons (Fsp3) is 0.571. The molecule has 0 aromatic carbocycles. The molecule has 0 aliphatic carbocycles. The second kappa shape index (κ2) is 6.78. The van der Waals surface area contributed by atoms with Crippen molar-refractivity contribution in [3.63, 3.8) is 0 Å². The molecule has 3 atom stereocenters. The van der Waals surface area contributed by atoms with Crippen molar-refractivity contribution in [2.45, 2.75) is 45.6 Å². The lowest BCUT2D eigenvalue weighted by Gasteiger charge is -2.20. The molecule has 0 bridgehead atoms. The molecule has 0 saturated carbocycles. The molecule has 126 valence electrons. The van der Waals surface area contributed by atoms with Gasteiger partial charge in [0, 0.05) is 32.0 Å². The molecule has 0 unspecified atom stereocenters. The maximum Gasteiger partial charge on any atom is 0.330 e. The van der Waals surface area contributed by atoms with Crippen LogP contribution in [0.2, 0.25) is 0 Å². The van der Waals surface area contributed by atoms with Gasteiger partial charge in [0.15, 0.2) is 6.23 Å². The van der Waals surface area contributed by atoms with Gasteiger partial charge in [-0.05, 0) is 6.92 Å². The van der Waals surface area contributed by atoms with Gasteiger partial charge in [0.1, 0.15) is 12.7 Å². The zero-order chi connectivity index (χ0) is 17.1. The van der Waals surface area contributed by atoms with Crippen LogP contribution in [0.5, 0.6) is 0 Å². The number of carbonyl (C=O) groups is 2. The molecule has 1 aromatic rings. The van der Waals surface area contributed by atoms with Crippen molar-refractivity contribution in [2.24, 2.45) is 0 Å². The van der Waals surface area contributed by atoms with Gasteiger partial charge in [0.25, 0.3) is 5.56 Å². The lowest BCUT2D eigenvalue weighted by molar-refractivity contribution is -0.153. The number of nitrogens with one attached hydrogen (secondary N) is 1. The van der Waals surface area contributed by atoms with E-state index in [0.29, 0.717) is 5.56 Å². The zero-order valence-corrected chi connectivity index (χ0v) is 13.0. The van der Waals surface area contributed by atoms with E-state index in [1.807, 2.05) is 0 Å². The summed E-state index contributed by atoms with van der Waals surface area (Å²) in [7, 11) is 0. The zero-order valence-electron chi connectivity index (χ0n) is 13.0. The van der Waals surface area contributed by atoms with Crippen LogP contribution in [0, 0.1) is 6.92 Å². The van der Waals surface area contributed by atoms with Crippen LogP contribution in [0.15, 0.2) is 15.8 Å². The van der Waals surface area contributed by atoms with Crippen molar-refractivity contribution in [1.82, 2.24) is 9.55 Å².